The topological polar surface area (TPSA) is 56.7 Å². The van der Waals surface area contributed by atoms with E-state index in [9.17, 15) is 0 Å². The molecule has 0 amide bonds. The summed E-state index contributed by atoms with van der Waals surface area (Å²) >= 11 is 3.43. The quantitative estimate of drug-likeness (QED) is 0.730. The van der Waals surface area contributed by atoms with Crippen LogP contribution in [0.3, 0.4) is 0 Å². The first-order valence-corrected chi connectivity index (χ1v) is 6.33. The minimum Gasteiger partial charge on any atom is -0.359 e. The van der Waals surface area contributed by atoms with Gasteiger partial charge in [-0.1, -0.05) is 5.16 Å². The van der Waals surface area contributed by atoms with E-state index in [2.05, 4.69) is 35.6 Å². The predicted molar refractivity (Wildman–Crippen MR) is 70.3 cm³/mol. The van der Waals surface area contributed by atoms with Gasteiger partial charge in [-0.05, 0) is 35.8 Å². The van der Waals surface area contributed by atoms with Gasteiger partial charge in [0.2, 0.25) is 0 Å². The van der Waals surface area contributed by atoms with E-state index in [1.54, 1.807) is 6.20 Å². The molecule has 0 radical (unpaired) electrons. The molecule has 92 valence electrons. The van der Waals surface area contributed by atoms with Crippen molar-refractivity contribution >= 4 is 27.1 Å². The number of aromatic nitrogens is 4. The molecule has 0 N–H and O–H groups in total. The summed E-state index contributed by atoms with van der Waals surface area (Å²) in [5.41, 5.74) is 2.61. The Kier molecular flexibility index (Phi) is 2.66. The molecule has 0 unspecified atom stereocenters. The Morgan fingerprint density at radius 3 is 2.89 bits per heavy atom. The Hall–Kier alpha value is -1.69. The molecule has 18 heavy (non-hydrogen) atoms. The van der Waals surface area contributed by atoms with Gasteiger partial charge >= 0.3 is 0 Å². The molecule has 0 aliphatic rings. The zero-order valence-electron chi connectivity index (χ0n) is 10.0. The van der Waals surface area contributed by atoms with Gasteiger partial charge in [-0.3, -0.25) is 0 Å². The molecule has 0 saturated heterocycles. The summed E-state index contributed by atoms with van der Waals surface area (Å²) in [6.45, 7) is 4.48. The van der Waals surface area contributed by atoms with Gasteiger partial charge in [0, 0.05) is 16.7 Å². The fraction of sp³-hybridized carbons (Fsp3) is 0.250. The molecule has 3 aromatic heterocycles. The van der Waals surface area contributed by atoms with Crippen molar-refractivity contribution in [1.29, 1.82) is 0 Å². The Morgan fingerprint density at radius 2 is 2.17 bits per heavy atom. The molecule has 0 spiro atoms. The lowest BCUT2D eigenvalue weighted by Gasteiger charge is -2.03. The molecule has 0 aliphatic heterocycles. The number of imidazole rings is 1. The average molecular weight is 307 g/mol. The van der Waals surface area contributed by atoms with E-state index < -0.39 is 0 Å². The molecule has 5 nitrogen and oxygen atoms in total. The summed E-state index contributed by atoms with van der Waals surface area (Å²) in [6.07, 6.45) is 1.75. The molecule has 0 bridgehead atoms. The second-order valence-electron chi connectivity index (χ2n) is 4.18. The lowest BCUT2D eigenvalue weighted by Crippen LogP contribution is -2.01. The summed E-state index contributed by atoms with van der Waals surface area (Å²) in [5, 5.41) is 3.89. The van der Waals surface area contributed by atoms with Gasteiger partial charge in [0.1, 0.15) is 5.82 Å². The number of fused-ring (bicyclic) bond motifs is 1. The van der Waals surface area contributed by atoms with Crippen LogP contribution in [0.5, 0.6) is 0 Å². The van der Waals surface area contributed by atoms with E-state index >= 15 is 0 Å². The van der Waals surface area contributed by atoms with Crippen molar-refractivity contribution in [2.45, 2.75) is 20.4 Å². The molecule has 3 aromatic rings. The highest BCUT2D eigenvalue weighted by Crippen LogP contribution is 2.20. The van der Waals surface area contributed by atoms with Gasteiger partial charge < -0.3 is 9.09 Å². The van der Waals surface area contributed by atoms with Gasteiger partial charge in [-0.25, -0.2) is 9.97 Å². The number of hydrogen-bond donors (Lipinski definition) is 0. The van der Waals surface area contributed by atoms with Crippen LogP contribution in [-0.4, -0.2) is 19.7 Å². The van der Waals surface area contributed by atoms with Crippen LogP contribution in [-0.2, 0) is 6.54 Å². The van der Waals surface area contributed by atoms with E-state index in [1.165, 1.54) is 0 Å². The summed E-state index contributed by atoms with van der Waals surface area (Å²) in [7, 11) is 0. The normalized spacial score (nSPS) is 11.3. The molecule has 0 fully saturated rings. The fourth-order valence-electron chi connectivity index (χ4n) is 1.94. The van der Waals surface area contributed by atoms with Crippen LogP contribution < -0.4 is 0 Å². The SMILES string of the molecule is Cc1cc(Cn2c(C)nc3ncc(Br)cc32)on1. The van der Waals surface area contributed by atoms with Gasteiger partial charge in [-0.2, -0.15) is 0 Å². The molecule has 0 aliphatic carbocycles. The van der Waals surface area contributed by atoms with E-state index in [1.807, 2.05) is 26.0 Å². The minimum atomic E-state index is 0.612. The number of pyridine rings is 1. The third-order valence-corrected chi connectivity index (χ3v) is 3.19. The van der Waals surface area contributed by atoms with Gasteiger partial charge in [0.15, 0.2) is 11.4 Å². The van der Waals surface area contributed by atoms with Crippen LogP contribution in [0, 0.1) is 13.8 Å². The Labute approximate surface area is 112 Å². The fourth-order valence-corrected chi connectivity index (χ4v) is 2.26. The van der Waals surface area contributed by atoms with Crippen molar-refractivity contribution in [3.05, 3.63) is 40.1 Å². The minimum absolute atomic E-state index is 0.612. The maximum Gasteiger partial charge on any atom is 0.177 e. The molecule has 0 atom stereocenters. The first kappa shape index (κ1) is 11.4. The van der Waals surface area contributed by atoms with Crippen LogP contribution in [0.2, 0.25) is 0 Å². The zero-order chi connectivity index (χ0) is 12.7. The van der Waals surface area contributed by atoms with Crippen molar-refractivity contribution < 1.29 is 4.52 Å². The summed E-state index contributed by atoms with van der Waals surface area (Å²) < 4.78 is 8.24. The van der Waals surface area contributed by atoms with Crippen molar-refractivity contribution in [2.75, 3.05) is 0 Å². The molecule has 3 heterocycles. The van der Waals surface area contributed by atoms with E-state index in [4.69, 9.17) is 4.52 Å². The lowest BCUT2D eigenvalue weighted by molar-refractivity contribution is 0.373. The second kappa shape index (κ2) is 4.20. The average Bonchev–Trinajstić information content (AvgIpc) is 2.86. The lowest BCUT2D eigenvalue weighted by atomic mass is 10.3. The van der Waals surface area contributed by atoms with Gasteiger partial charge in [0.25, 0.3) is 0 Å². The van der Waals surface area contributed by atoms with Crippen molar-refractivity contribution in [3.8, 4) is 0 Å². The summed E-state index contributed by atoms with van der Waals surface area (Å²) in [4.78, 5) is 8.71. The maximum absolute atomic E-state index is 5.24. The molecule has 0 saturated carbocycles. The Bertz CT molecular complexity index is 716. The Morgan fingerprint density at radius 1 is 1.33 bits per heavy atom. The zero-order valence-corrected chi connectivity index (χ0v) is 11.6. The third-order valence-electron chi connectivity index (χ3n) is 2.75. The first-order valence-electron chi connectivity index (χ1n) is 5.54. The van der Waals surface area contributed by atoms with Crippen LogP contribution in [0.1, 0.15) is 17.3 Å². The first-order chi connectivity index (χ1) is 8.63. The summed E-state index contributed by atoms with van der Waals surface area (Å²) in [6, 6.07) is 3.93. The highest BCUT2D eigenvalue weighted by molar-refractivity contribution is 9.10. The number of aryl methyl sites for hydroxylation is 2. The van der Waals surface area contributed by atoms with E-state index in [-0.39, 0.29) is 0 Å². The predicted octanol–water partition coefficient (Wildman–Crippen LogP) is 2.85. The number of rotatable bonds is 2. The summed E-state index contributed by atoms with van der Waals surface area (Å²) in [5.74, 6) is 1.72. The van der Waals surface area contributed by atoms with Crippen molar-refractivity contribution in [3.63, 3.8) is 0 Å². The third kappa shape index (κ3) is 1.92. The molecule has 0 aromatic carbocycles. The molecule has 6 heteroatoms. The van der Waals surface area contributed by atoms with Crippen LogP contribution in [0.15, 0.2) is 27.3 Å². The highest BCUT2D eigenvalue weighted by atomic mass is 79.9. The van der Waals surface area contributed by atoms with Crippen molar-refractivity contribution in [1.82, 2.24) is 19.7 Å². The highest BCUT2D eigenvalue weighted by Gasteiger charge is 2.11. The van der Waals surface area contributed by atoms with E-state index in [0.717, 1.165) is 32.9 Å². The van der Waals surface area contributed by atoms with Crippen molar-refractivity contribution in [2.24, 2.45) is 0 Å². The monoisotopic (exact) mass is 306 g/mol. The van der Waals surface area contributed by atoms with Gasteiger partial charge in [0.05, 0.1) is 17.8 Å². The molecular weight excluding hydrogens is 296 g/mol. The number of halogens is 1. The standard InChI is InChI=1S/C12H11BrN4O/c1-7-3-10(18-16-7)6-17-8(2)15-12-11(17)4-9(13)5-14-12/h3-5H,6H2,1-2H3. The maximum atomic E-state index is 5.24. The van der Waals surface area contributed by atoms with Crippen LogP contribution in [0.25, 0.3) is 11.2 Å². The largest absolute Gasteiger partial charge is 0.359 e. The Balaban J connectivity index is 2.10. The van der Waals surface area contributed by atoms with E-state index in [0.29, 0.717) is 6.54 Å². The van der Waals surface area contributed by atoms with Gasteiger partial charge in [-0.15, -0.1) is 0 Å². The molecular formula is C12H11BrN4O. The second-order valence-corrected chi connectivity index (χ2v) is 5.09. The molecule has 3 rings (SSSR count). The number of nitrogens with zero attached hydrogens (tertiary/aromatic N) is 4. The number of hydrogen-bond acceptors (Lipinski definition) is 4. The van der Waals surface area contributed by atoms with Crippen LogP contribution >= 0.6 is 15.9 Å². The van der Waals surface area contributed by atoms with Crippen LogP contribution in [0.4, 0.5) is 0 Å². The smallest absolute Gasteiger partial charge is 0.177 e.